The van der Waals surface area contributed by atoms with E-state index < -0.39 is 10.1 Å². The second kappa shape index (κ2) is 4.31. The fourth-order valence-electron chi connectivity index (χ4n) is 0.985. The van der Waals surface area contributed by atoms with Gasteiger partial charge in [-0.2, -0.15) is 8.42 Å². The lowest BCUT2D eigenvalue weighted by atomic mass is 10.2. The van der Waals surface area contributed by atoms with Crippen molar-refractivity contribution in [2.75, 3.05) is 13.4 Å². The van der Waals surface area contributed by atoms with Crippen LogP contribution in [0, 0.1) is 0 Å². The van der Waals surface area contributed by atoms with Gasteiger partial charge in [-0.3, -0.25) is 4.79 Å². The first-order valence-corrected chi connectivity index (χ1v) is 5.80. The van der Waals surface area contributed by atoms with Crippen molar-refractivity contribution in [3.05, 3.63) is 23.8 Å². The summed E-state index contributed by atoms with van der Waals surface area (Å²) in [6.45, 7) is 0. The highest BCUT2D eigenvalue weighted by Crippen LogP contribution is 2.23. The summed E-state index contributed by atoms with van der Waals surface area (Å²) in [6.07, 6.45) is 1.41. The molecular weight excluding hydrogens is 220 g/mol. The van der Waals surface area contributed by atoms with Crippen molar-refractivity contribution >= 4 is 16.4 Å². The molecule has 0 unspecified atom stereocenters. The first-order chi connectivity index (χ1) is 6.96. The van der Waals surface area contributed by atoms with Crippen LogP contribution in [0.25, 0.3) is 0 Å². The molecule has 0 atom stereocenters. The first kappa shape index (κ1) is 11.5. The van der Waals surface area contributed by atoms with E-state index in [0.717, 1.165) is 6.26 Å². The second-order valence-electron chi connectivity index (χ2n) is 2.81. The van der Waals surface area contributed by atoms with Gasteiger partial charge in [-0.05, 0) is 18.2 Å². The molecule has 0 amide bonds. The topological polar surface area (TPSA) is 69.7 Å². The van der Waals surface area contributed by atoms with Gasteiger partial charge in [0.1, 0.15) is 5.75 Å². The number of aldehydes is 1. The molecule has 1 aromatic rings. The third-order valence-corrected chi connectivity index (χ3v) is 2.07. The lowest BCUT2D eigenvalue weighted by Crippen LogP contribution is -2.07. The van der Waals surface area contributed by atoms with E-state index in [1.807, 2.05) is 0 Å². The molecule has 1 aromatic carbocycles. The minimum atomic E-state index is -3.63. The molecule has 5 nitrogen and oxygen atoms in total. The minimum absolute atomic E-state index is 0.00620. The molecule has 6 heteroatoms. The Labute approximate surface area is 87.7 Å². The third-order valence-electron chi connectivity index (χ3n) is 1.59. The molecule has 15 heavy (non-hydrogen) atoms. The van der Waals surface area contributed by atoms with Crippen LogP contribution in [0.3, 0.4) is 0 Å². The van der Waals surface area contributed by atoms with E-state index >= 15 is 0 Å². The van der Waals surface area contributed by atoms with Crippen LogP contribution in [0.15, 0.2) is 18.2 Å². The summed E-state index contributed by atoms with van der Waals surface area (Å²) in [5.74, 6) is 0.450. The van der Waals surface area contributed by atoms with Crippen molar-refractivity contribution in [1.29, 1.82) is 0 Å². The predicted octanol–water partition coefficient (Wildman–Crippen LogP) is 0.846. The van der Waals surface area contributed by atoms with Gasteiger partial charge < -0.3 is 8.92 Å². The van der Waals surface area contributed by atoms with Gasteiger partial charge in [-0.1, -0.05) is 0 Å². The normalized spacial score (nSPS) is 10.8. The minimum Gasteiger partial charge on any atom is -0.497 e. The summed E-state index contributed by atoms with van der Waals surface area (Å²) in [7, 11) is -2.18. The van der Waals surface area contributed by atoms with Crippen LogP contribution in [-0.4, -0.2) is 28.1 Å². The Kier molecular flexibility index (Phi) is 3.31. The van der Waals surface area contributed by atoms with Crippen molar-refractivity contribution < 1.29 is 22.1 Å². The van der Waals surface area contributed by atoms with Gasteiger partial charge >= 0.3 is 10.1 Å². The van der Waals surface area contributed by atoms with Crippen molar-refractivity contribution in [3.63, 3.8) is 0 Å². The molecule has 0 N–H and O–H groups in total. The highest BCUT2D eigenvalue weighted by molar-refractivity contribution is 7.86. The molecule has 0 radical (unpaired) electrons. The molecule has 0 saturated carbocycles. The Morgan fingerprint density at radius 1 is 1.33 bits per heavy atom. The number of benzene rings is 1. The fourth-order valence-corrected chi connectivity index (χ4v) is 1.46. The van der Waals surface area contributed by atoms with Crippen molar-refractivity contribution in [1.82, 2.24) is 0 Å². The SMILES string of the molecule is COc1ccc(OS(C)(=O)=O)c(C=O)c1. The van der Waals surface area contributed by atoms with Crippen LogP contribution in [0.1, 0.15) is 10.4 Å². The van der Waals surface area contributed by atoms with Gasteiger partial charge in [0.25, 0.3) is 0 Å². The summed E-state index contributed by atoms with van der Waals surface area (Å²) in [5, 5.41) is 0. The number of carbonyl (C=O) groups excluding carboxylic acids is 1. The van der Waals surface area contributed by atoms with Crippen molar-refractivity contribution in [2.45, 2.75) is 0 Å². The quantitative estimate of drug-likeness (QED) is 0.566. The molecular formula is C9H10O5S. The average molecular weight is 230 g/mol. The van der Waals surface area contributed by atoms with Crippen LogP contribution in [0.4, 0.5) is 0 Å². The van der Waals surface area contributed by atoms with Gasteiger partial charge in [0.2, 0.25) is 0 Å². The molecule has 0 aliphatic heterocycles. The third kappa shape index (κ3) is 3.25. The molecule has 0 spiro atoms. The summed E-state index contributed by atoms with van der Waals surface area (Å²) in [4.78, 5) is 10.7. The van der Waals surface area contributed by atoms with Crippen molar-refractivity contribution in [2.24, 2.45) is 0 Å². The number of methoxy groups -OCH3 is 1. The standard InChI is InChI=1S/C9H10O5S/c1-13-8-3-4-9(7(5-8)6-10)14-15(2,11)12/h3-6H,1-2H3. The molecule has 0 fully saturated rings. The zero-order chi connectivity index (χ0) is 11.5. The maximum absolute atomic E-state index is 10.9. The summed E-state index contributed by atoms with van der Waals surface area (Å²) in [6, 6.07) is 4.27. The van der Waals surface area contributed by atoms with Crippen LogP contribution < -0.4 is 8.92 Å². The number of hydrogen-bond acceptors (Lipinski definition) is 5. The second-order valence-corrected chi connectivity index (χ2v) is 4.38. The van der Waals surface area contributed by atoms with E-state index in [4.69, 9.17) is 4.74 Å². The van der Waals surface area contributed by atoms with Crippen LogP contribution in [-0.2, 0) is 10.1 Å². The van der Waals surface area contributed by atoms with E-state index in [-0.39, 0.29) is 11.3 Å². The van der Waals surface area contributed by atoms with Crippen LogP contribution in [0.5, 0.6) is 11.5 Å². The van der Waals surface area contributed by atoms with Crippen LogP contribution >= 0.6 is 0 Å². The zero-order valence-electron chi connectivity index (χ0n) is 8.26. The Hall–Kier alpha value is -1.56. The predicted molar refractivity (Wildman–Crippen MR) is 53.9 cm³/mol. The monoisotopic (exact) mass is 230 g/mol. The molecule has 0 saturated heterocycles. The van der Waals surface area contributed by atoms with Gasteiger partial charge in [-0.25, -0.2) is 0 Å². The molecule has 0 aliphatic rings. The maximum Gasteiger partial charge on any atom is 0.306 e. The lowest BCUT2D eigenvalue weighted by molar-refractivity contribution is 0.112. The first-order valence-electron chi connectivity index (χ1n) is 3.99. The molecule has 0 aromatic heterocycles. The Balaban J connectivity index is 3.14. The highest BCUT2D eigenvalue weighted by atomic mass is 32.2. The molecule has 0 bridgehead atoms. The number of ether oxygens (including phenoxy) is 1. The largest absolute Gasteiger partial charge is 0.497 e. The van der Waals surface area contributed by atoms with E-state index in [0.29, 0.717) is 12.0 Å². The number of hydrogen-bond donors (Lipinski definition) is 0. The number of rotatable bonds is 4. The Morgan fingerprint density at radius 2 is 2.00 bits per heavy atom. The smallest absolute Gasteiger partial charge is 0.306 e. The Bertz CT molecular complexity index is 463. The van der Waals surface area contributed by atoms with Gasteiger partial charge in [-0.15, -0.1) is 0 Å². The molecule has 0 heterocycles. The van der Waals surface area contributed by atoms with Crippen molar-refractivity contribution in [3.8, 4) is 11.5 Å². The maximum atomic E-state index is 10.9. The van der Waals surface area contributed by atoms with Gasteiger partial charge in [0.15, 0.2) is 12.0 Å². The summed E-state index contributed by atoms with van der Waals surface area (Å²) in [5.41, 5.74) is 0.125. The molecule has 0 aliphatic carbocycles. The van der Waals surface area contributed by atoms with E-state index in [1.165, 1.54) is 25.3 Å². The van der Waals surface area contributed by atoms with Crippen LogP contribution in [0.2, 0.25) is 0 Å². The average Bonchev–Trinajstić information content (AvgIpc) is 2.16. The summed E-state index contributed by atoms with van der Waals surface area (Å²) >= 11 is 0. The van der Waals surface area contributed by atoms with E-state index in [2.05, 4.69) is 4.18 Å². The van der Waals surface area contributed by atoms with E-state index in [1.54, 1.807) is 0 Å². The highest BCUT2D eigenvalue weighted by Gasteiger charge is 2.10. The molecule has 1 rings (SSSR count). The lowest BCUT2D eigenvalue weighted by Gasteiger charge is -2.06. The Morgan fingerprint density at radius 3 is 2.47 bits per heavy atom. The van der Waals surface area contributed by atoms with Gasteiger partial charge in [0, 0.05) is 0 Å². The molecule has 82 valence electrons. The fraction of sp³-hybridized carbons (Fsp3) is 0.222. The van der Waals surface area contributed by atoms with E-state index in [9.17, 15) is 13.2 Å². The zero-order valence-corrected chi connectivity index (χ0v) is 9.08. The summed E-state index contributed by atoms with van der Waals surface area (Å²) < 4.78 is 31.2. The van der Waals surface area contributed by atoms with Gasteiger partial charge in [0.05, 0.1) is 18.9 Å². The number of carbonyl (C=O) groups is 1.